The molecule has 0 saturated carbocycles. The molecule has 2 aromatic rings. The van der Waals surface area contributed by atoms with Gasteiger partial charge in [-0.15, -0.1) is 0 Å². The van der Waals surface area contributed by atoms with Gasteiger partial charge in [-0.2, -0.15) is 0 Å². The first-order valence-corrected chi connectivity index (χ1v) is 5.90. The molecule has 0 bridgehead atoms. The van der Waals surface area contributed by atoms with Crippen LogP contribution in [0.2, 0.25) is 0 Å². The lowest BCUT2D eigenvalue weighted by Gasteiger charge is -2.14. The average molecular weight is 244 g/mol. The zero-order chi connectivity index (χ0) is 13.1. The molecule has 1 aromatic heterocycles. The fourth-order valence-electron chi connectivity index (χ4n) is 1.87. The number of rotatable bonds is 3. The predicted molar refractivity (Wildman–Crippen MR) is 70.4 cm³/mol. The molecule has 2 rings (SSSR count). The highest BCUT2D eigenvalue weighted by Gasteiger charge is 2.10. The molecule has 0 aliphatic rings. The molecule has 4 nitrogen and oxygen atoms in total. The summed E-state index contributed by atoms with van der Waals surface area (Å²) in [6, 6.07) is 11.0. The Bertz CT molecular complexity index is 588. The summed E-state index contributed by atoms with van der Waals surface area (Å²) in [7, 11) is 0. The van der Waals surface area contributed by atoms with Crippen LogP contribution in [0.4, 0.5) is 0 Å². The van der Waals surface area contributed by atoms with Crippen molar-refractivity contribution in [3.8, 4) is 11.4 Å². The van der Waals surface area contributed by atoms with Crippen LogP contribution in [0.5, 0.6) is 0 Å². The SMILES string of the molecule is Cc1cc(=O)n(CC(C)O)c(-c2ccccc2)n1. The smallest absolute Gasteiger partial charge is 0.254 e. The summed E-state index contributed by atoms with van der Waals surface area (Å²) in [5, 5.41) is 9.48. The van der Waals surface area contributed by atoms with Gasteiger partial charge in [-0.1, -0.05) is 30.3 Å². The standard InChI is InChI=1S/C14H16N2O2/c1-10-8-13(18)16(9-11(2)17)14(15-10)12-6-4-3-5-7-12/h3-8,11,17H,9H2,1-2H3. The Morgan fingerprint density at radius 1 is 1.33 bits per heavy atom. The molecular weight excluding hydrogens is 228 g/mol. The van der Waals surface area contributed by atoms with E-state index in [0.717, 1.165) is 5.56 Å². The number of aliphatic hydroxyl groups excluding tert-OH is 1. The molecular formula is C14H16N2O2. The van der Waals surface area contributed by atoms with Crippen molar-refractivity contribution in [2.45, 2.75) is 26.5 Å². The highest BCUT2D eigenvalue weighted by atomic mass is 16.3. The van der Waals surface area contributed by atoms with Crippen LogP contribution in [-0.4, -0.2) is 20.8 Å². The maximum atomic E-state index is 12.0. The molecule has 1 atom stereocenters. The second-order valence-electron chi connectivity index (χ2n) is 4.39. The van der Waals surface area contributed by atoms with Gasteiger partial charge in [0.2, 0.25) is 0 Å². The summed E-state index contributed by atoms with van der Waals surface area (Å²) in [6.07, 6.45) is -0.588. The van der Waals surface area contributed by atoms with Crippen LogP contribution in [-0.2, 0) is 6.54 Å². The van der Waals surface area contributed by atoms with Crippen molar-refractivity contribution < 1.29 is 5.11 Å². The molecule has 1 N–H and O–H groups in total. The molecule has 0 saturated heterocycles. The first-order valence-electron chi connectivity index (χ1n) is 5.90. The minimum atomic E-state index is -0.588. The average Bonchev–Trinajstić information content (AvgIpc) is 2.33. The molecule has 0 amide bonds. The molecule has 1 heterocycles. The van der Waals surface area contributed by atoms with Gasteiger partial charge >= 0.3 is 0 Å². The molecule has 0 fully saturated rings. The van der Waals surface area contributed by atoms with Gasteiger partial charge in [0.25, 0.3) is 5.56 Å². The monoisotopic (exact) mass is 244 g/mol. The minimum Gasteiger partial charge on any atom is -0.392 e. The normalized spacial score (nSPS) is 12.4. The Hall–Kier alpha value is -1.94. The van der Waals surface area contributed by atoms with Crippen LogP contribution >= 0.6 is 0 Å². The van der Waals surface area contributed by atoms with Crippen molar-refractivity contribution >= 4 is 0 Å². The van der Waals surface area contributed by atoms with Crippen LogP contribution in [0.25, 0.3) is 11.4 Å². The lowest BCUT2D eigenvalue weighted by atomic mass is 10.2. The Kier molecular flexibility index (Phi) is 3.58. The third-order valence-corrected chi connectivity index (χ3v) is 2.62. The summed E-state index contributed by atoms with van der Waals surface area (Å²) in [4.78, 5) is 16.4. The summed E-state index contributed by atoms with van der Waals surface area (Å²) in [5.74, 6) is 0.599. The van der Waals surface area contributed by atoms with Crippen LogP contribution in [0.15, 0.2) is 41.2 Å². The lowest BCUT2D eigenvalue weighted by Crippen LogP contribution is -2.27. The number of aromatic nitrogens is 2. The highest BCUT2D eigenvalue weighted by molar-refractivity contribution is 5.55. The van der Waals surface area contributed by atoms with E-state index in [-0.39, 0.29) is 12.1 Å². The van der Waals surface area contributed by atoms with E-state index in [1.165, 1.54) is 10.6 Å². The van der Waals surface area contributed by atoms with Gasteiger partial charge in [0.1, 0.15) is 5.82 Å². The van der Waals surface area contributed by atoms with Gasteiger partial charge in [-0.3, -0.25) is 9.36 Å². The fourth-order valence-corrected chi connectivity index (χ4v) is 1.87. The van der Waals surface area contributed by atoms with Crippen LogP contribution in [0, 0.1) is 6.92 Å². The Balaban J connectivity index is 2.61. The first-order chi connectivity index (χ1) is 8.58. The zero-order valence-corrected chi connectivity index (χ0v) is 10.5. The summed E-state index contributed by atoms with van der Waals surface area (Å²) in [5.41, 5.74) is 1.42. The molecule has 18 heavy (non-hydrogen) atoms. The zero-order valence-electron chi connectivity index (χ0n) is 10.5. The predicted octanol–water partition coefficient (Wildman–Crippen LogP) is 1.60. The number of nitrogens with zero attached hydrogens (tertiary/aromatic N) is 2. The molecule has 0 aliphatic carbocycles. The molecule has 1 unspecified atom stereocenters. The second kappa shape index (κ2) is 5.14. The topological polar surface area (TPSA) is 55.1 Å². The van der Waals surface area contributed by atoms with Crippen LogP contribution in [0.3, 0.4) is 0 Å². The van der Waals surface area contributed by atoms with E-state index < -0.39 is 6.10 Å². The van der Waals surface area contributed by atoms with E-state index in [9.17, 15) is 9.90 Å². The number of aliphatic hydroxyl groups is 1. The van der Waals surface area contributed by atoms with Crippen molar-refractivity contribution in [3.05, 3.63) is 52.4 Å². The van der Waals surface area contributed by atoms with E-state index in [4.69, 9.17) is 0 Å². The van der Waals surface area contributed by atoms with Crippen molar-refractivity contribution in [2.75, 3.05) is 0 Å². The van der Waals surface area contributed by atoms with Crippen molar-refractivity contribution in [1.29, 1.82) is 0 Å². The van der Waals surface area contributed by atoms with Crippen LogP contribution < -0.4 is 5.56 Å². The van der Waals surface area contributed by atoms with Gasteiger partial charge in [-0.25, -0.2) is 4.98 Å². The quantitative estimate of drug-likeness (QED) is 0.892. The molecule has 0 radical (unpaired) electrons. The molecule has 0 aliphatic heterocycles. The van der Waals surface area contributed by atoms with E-state index >= 15 is 0 Å². The van der Waals surface area contributed by atoms with Gasteiger partial charge in [-0.05, 0) is 13.8 Å². The maximum Gasteiger partial charge on any atom is 0.254 e. The largest absolute Gasteiger partial charge is 0.392 e. The Morgan fingerprint density at radius 2 is 2.00 bits per heavy atom. The van der Waals surface area contributed by atoms with Gasteiger partial charge in [0.15, 0.2) is 0 Å². The van der Waals surface area contributed by atoms with Crippen molar-refractivity contribution in [2.24, 2.45) is 0 Å². The van der Waals surface area contributed by atoms with E-state index in [0.29, 0.717) is 11.5 Å². The summed E-state index contributed by atoms with van der Waals surface area (Å²) in [6.45, 7) is 3.69. The summed E-state index contributed by atoms with van der Waals surface area (Å²) >= 11 is 0. The van der Waals surface area contributed by atoms with Gasteiger partial charge < -0.3 is 5.11 Å². The molecule has 94 valence electrons. The van der Waals surface area contributed by atoms with E-state index in [1.807, 2.05) is 30.3 Å². The van der Waals surface area contributed by atoms with E-state index in [1.54, 1.807) is 13.8 Å². The summed E-state index contributed by atoms with van der Waals surface area (Å²) < 4.78 is 1.51. The third kappa shape index (κ3) is 2.65. The lowest BCUT2D eigenvalue weighted by molar-refractivity contribution is 0.172. The second-order valence-corrected chi connectivity index (χ2v) is 4.39. The van der Waals surface area contributed by atoms with Crippen LogP contribution in [0.1, 0.15) is 12.6 Å². The number of aryl methyl sites for hydroxylation is 1. The Morgan fingerprint density at radius 3 is 2.61 bits per heavy atom. The van der Waals surface area contributed by atoms with E-state index in [2.05, 4.69) is 4.98 Å². The molecule has 1 aromatic carbocycles. The van der Waals surface area contributed by atoms with Gasteiger partial charge in [0, 0.05) is 17.3 Å². The maximum absolute atomic E-state index is 12.0. The molecule has 0 spiro atoms. The number of hydrogen-bond acceptors (Lipinski definition) is 3. The fraction of sp³-hybridized carbons (Fsp3) is 0.286. The number of benzene rings is 1. The van der Waals surface area contributed by atoms with Crippen molar-refractivity contribution in [1.82, 2.24) is 9.55 Å². The van der Waals surface area contributed by atoms with Gasteiger partial charge in [0.05, 0.1) is 12.6 Å². The highest BCUT2D eigenvalue weighted by Crippen LogP contribution is 2.15. The van der Waals surface area contributed by atoms with Crippen molar-refractivity contribution in [3.63, 3.8) is 0 Å². The third-order valence-electron chi connectivity index (χ3n) is 2.62. The first kappa shape index (κ1) is 12.5. The minimum absolute atomic E-state index is 0.137. The number of hydrogen-bond donors (Lipinski definition) is 1. The molecule has 4 heteroatoms. The Labute approximate surface area is 106 Å².